The summed E-state index contributed by atoms with van der Waals surface area (Å²) >= 11 is 0. The second kappa shape index (κ2) is 4.28. The van der Waals surface area contributed by atoms with Crippen LogP contribution in [0.25, 0.3) is 0 Å². The van der Waals surface area contributed by atoms with E-state index in [1.54, 1.807) is 0 Å². The van der Waals surface area contributed by atoms with Gasteiger partial charge in [-0.05, 0) is 25.1 Å². The Morgan fingerprint density at radius 3 is 2.57 bits per heavy atom. The number of ketones is 1. The molecule has 0 aliphatic carbocycles. The summed E-state index contributed by atoms with van der Waals surface area (Å²) in [6.07, 6.45) is 0.0272. The first kappa shape index (κ1) is 10.8. The number of nitrogens with two attached hydrogens (primary N) is 1. The van der Waals surface area contributed by atoms with Crippen molar-refractivity contribution in [3.05, 3.63) is 34.9 Å². The summed E-state index contributed by atoms with van der Waals surface area (Å²) in [6, 6.07) is 2.66. The highest BCUT2D eigenvalue weighted by molar-refractivity contribution is 5.96. The molecule has 0 aliphatic rings. The number of rotatable bonds is 3. The Labute approximate surface area is 80.7 Å². The van der Waals surface area contributed by atoms with Crippen LogP contribution in [0.4, 0.5) is 8.78 Å². The molecule has 0 atom stereocenters. The van der Waals surface area contributed by atoms with E-state index in [1.807, 2.05) is 0 Å². The van der Waals surface area contributed by atoms with Crippen molar-refractivity contribution in [3.8, 4) is 0 Å². The average Bonchev–Trinajstić information content (AvgIpc) is 2.15. The molecule has 0 saturated heterocycles. The van der Waals surface area contributed by atoms with Crippen molar-refractivity contribution >= 4 is 5.78 Å². The van der Waals surface area contributed by atoms with Gasteiger partial charge in [-0.3, -0.25) is 4.79 Å². The number of benzene rings is 1. The fourth-order valence-corrected chi connectivity index (χ4v) is 1.13. The number of halogens is 2. The average molecular weight is 199 g/mol. The normalized spacial score (nSPS) is 10.3. The zero-order chi connectivity index (χ0) is 10.7. The fraction of sp³-hybridized carbons (Fsp3) is 0.300. The van der Waals surface area contributed by atoms with Gasteiger partial charge < -0.3 is 5.73 Å². The maximum Gasteiger partial charge on any atom is 0.169 e. The molecule has 0 unspecified atom stereocenters. The van der Waals surface area contributed by atoms with E-state index >= 15 is 0 Å². The molecular formula is C10H11F2NO. The van der Waals surface area contributed by atoms with Crippen LogP contribution < -0.4 is 5.73 Å². The third-order valence-corrected chi connectivity index (χ3v) is 1.95. The zero-order valence-corrected chi connectivity index (χ0v) is 7.81. The van der Waals surface area contributed by atoms with Gasteiger partial charge in [0.05, 0.1) is 5.56 Å². The second-order valence-electron chi connectivity index (χ2n) is 3.02. The molecule has 0 aromatic heterocycles. The minimum Gasteiger partial charge on any atom is -0.330 e. The molecule has 14 heavy (non-hydrogen) atoms. The van der Waals surface area contributed by atoms with Crippen LogP contribution in [0, 0.1) is 18.6 Å². The van der Waals surface area contributed by atoms with Gasteiger partial charge in [-0.1, -0.05) is 6.07 Å². The lowest BCUT2D eigenvalue weighted by molar-refractivity contribution is 0.0980. The quantitative estimate of drug-likeness (QED) is 0.754. The minimum atomic E-state index is -1.08. The van der Waals surface area contributed by atoms with Crippen molar-refractivity contribution in [2.45, 2.75) is 13.3 Å². The van der Waals surface area contributed by atoms with Gasteiger partial charge in [-0.15, -0.1) is 0 Å². The first-order chi connectivity index (χ1) is 6.57. The number of hydrogen-bond acceptors (Lipinski definition) is 2. The number of hydrogen-bond donors (Lipinski definition) is 1. The predicted octanol–water partition coefficient (Wildman–Crippen LogP) is 1.80. The van der Waals surface area contributed by atoms with E-state index in [0.29, 0.717) is 0 Å². The van der Waals surface area contributed by atoms with Crippen LogP contribution in [0.3, 0.4) is 0 Å². The SMILES string of the molecule is Cc1ccc(C(=O)CCN)c(F)c1F. The molecule has 2 nitrogen and oxygen atoms in total. The number of carbonyl (C=O) groups excluding carboxylic acids is 1. The number of Topliss-reactive ketones (excluding diaryl/α,β-unsaturated/α-hetero) is 1. The van der Waals surface area contributed by atoms with Gasteiger partial charge in [0.15, 0.2) is 17.4 Å². The maximum absolute atomic E-state index is 13.2. The van der Waals surface area contributed by atoms with Crippen molar-refractivity contribution in [3.63, 3.8) is 0 Å². The lowest BCUT2D eigenvalue weighted by Crippen LogP contribution is -2.11. The molecule has 0 saturated carbocycles. The Morgan fingerprint density at radius 1 is 1.36 bits per heavy atom. The van der Waals surface area contributed by atoms with Crippen LogP contribution >= 0.6 is 0 Å². The van der Waals surface area contributed by atoms with E-state index < -0.39 is 17.4 Å². The second-order valence-corrected chi connectivity index (χ2v) is 3.02. The van der Waals surface area contributed by atoms with Crippen LogP contribution in [0.1, 0.15) is 22.3 Å². The van der Waals surface area contributed by atoms with Crippen molar-refractivity contribution in [2.24, 2.45) is 5.73 Å². The lowest BCUT2D eigenvalue weighted by Gasteiger charge is -2.03. The number of carbonyl (C=O) groups is 1. The van der Waals surface area contributed by atoms with E-state index in [4.69, 9.17) is 5.73 Å². The third kappa shape index (κ3) is 1.96. The number of aryl methyl sites for hydroxylation is 1. The van der Waals surface area contributed by atoms with Crippen molar-refractivity contribution in [1.82, 2.24) is 0 Å². The molecule has 0 heterocycles. The molecule has 4 heteroatoms. The van der Waals surface area contributed by atoms with Gasteiger partial charge in [0, 0.05) is 6.42 Å². The zero-order valence-electron chi connectivity index (χ0n) is 7.81. The summed E-state index contributed by atoms with van der Waals surface area (Å²) in [7, 11) is 0. The lowest BCUT2D eigenvalue weighted by atomic mass is 10.1. The van der Waals surface area contributed by atoms with Crippen LogP contribution in [0.15, 0.2) is 12.1 Å². The van der Waals surface area contributed by atoms with E-state index in [1.165, 1.54) is 19.1 Å². The summed E-state index contributed by atoms with van der Waals surface area (Å²) in [6.45, 7) is 1.57. The van der Waals surface area contributed by atoms with E-state index in [-0.39, 0.29) is 24.1 Å². The molecule has 1 rings (SSSR count). The summed E-state index contributed by atoms with van der Waals surface area (Å²) < 4.78 is 26.2. The van der Waals surface area contributed by atoms with Crippen LogP contribution in [-0.2, 0) is 0 Å². The summed E-state index contributed by atoms with van der Waals surface area (Å²) in [5.41, 5.74) is 5.11. The molecule has 0 fully saturated rings. The Morgan fingerprint density at radius 2 is 2.00 bits per heavy atom. The monoisotopic (exact) mass is 199 g/mol. The third-order valence-electron chi connectivity index (χ3n) is 1.95. The smallest absolute Gasteiger partial charge is 0.169 e. The minimum absolute atomic E-state index is 0.0272. The molecule has 0 radical (unpaired) electrons. The summed E-state index contributed by atoms with van der Waals surface area (Å²) in [5.74, 6) is -2.51. The van der Waals surface area contributed by atoms with Gasteiger partial charge in [0.25, 0.3) is 0 Å². The largest absolute Gasteiger partial charge is 0.330 e. The Hall–Kier alpha value is -1.29. The van der Waals surface area contributed by atoms with Gasteiger partial charge in [0.1, 0.15) is 0 Å². The highest BCUT2D eigenvalue weighted by atomic mass is 19.2. The highest BCUT2D eigenvalue weighted by Gasteiger charge is 2.15. The van der Waals surface area contributed by atoms with E-state index in [9.17, 15) is 13.6 Å². The molecule has 0 spiro atoms. The van der Waals surface area contributed by atoms with Crippen molar-refractivity contribution in [1.29, 1.82) is 0 Å². The van der Waals surface area contributed by atoms with Crippen molar-refractivity contribution < 1.29 is 13.6 Å². The summed E-state index contributed by atoms with van der Waals surface area (Å²) in [4.78, 5) is 11.2. The maximum atomic E-state index is 13.2. The van der Waals surface area contributed by atoms with E-state index in [0.717, 1.165) is 0 Å². The fourth-order valence-electron chi connectivity index (χ4n) is 1.13. The van der Waals surface area contributed by atoms with Crippen molar-refractivity contribution in [2.75, 3.05) is 6.54 Å². The molecule has 0 aliphatic heterocycles. The van der Waals surface area contributed by atoms with Crippen LogP contribution in [0.2, 0.25) is 0 Å². The standard InChI is InChI=1S/C10H11F2NO/c1-6-2-3-7(8(14)4-5-13)10(12)9(6)11/h2-3H,4-5,13H2,1H3. The first-order valence-corrected chi connectivity index (χ1v) is 4.25. The van der Waals surface area contributed by atoms with Gasteiger partial charge in [-0.25, -0.2) is 8.78 Å². The van der Waals surface area contributed by atoms with Gasteiger partial charge in [0.2, 0.25) is 0 Å². The molecule has 2 N–H and O–H groups in total. The van der Waals surface area contributed by atoms with Crippen LogP contribution in [-0.4, -0.2) is 12.3 Å². The predicted molar refractivity (Wildman–Crippen MR) is 49.1 cm³/mol. The molecule has 76 valence electrons. The Balaban J connectivity index is 3.11. The molecule has 0 bridgehead atoms. The van der Waals surface area contributed by atoms with Gasteiger partial charge >= 0.3 is 0 Å². The Bertz CT molecular complexity index is 363. The molecule has 1 aromatic rings. The topological polar surface area (TPSA) is 43.1 Å². The Kier molecular flexibility index (Phi) is 3.30. The van der Waals surface area contributed by atoms with E-state index in [2.05, 4.69) is 0 Å². The van der Waals surface area contributed by atoms with Gasteiger partial charge in [-0.2, -0.15) is 0 Å². The molecule has 1 aromatic carbocycles. The molecule has 0 amide bonds. The summed E-state index contributed by atoms with van der Waals surface area (Å²) in [5, 5.41) is 0. The highest BCUT2D eigenvalue weighted by Crippen LogP contribution is 2.16. The van der Waals surface area contributed by atoms with Crippen LogP contribution in [0.5, 0.6) is 0 Å². The molecular weight excluding hydrogens is 188 g/mol. The first-order valence-electron chi connectivity index (χ1n) is 4.25.